The van der Waals surface area contributed by atoms with Crippen LogP contribution in [0, 0.1) is 6.92 Å². The van der Waals surface area contributed by atoms with Crippen molar-refractivity contribution in [3.05, 3.63) is 33.1 Å². The normalized spacial score (nSPS) is 15.5. The molecule has 1 aliphatic rings. The van der Waals surface area contributed by atoms with Crippen LogP contribution in [0.1, 0.15) is 18.5 Å². The van der Waals surface area contributed by atoms with Gasteiger partial charge in [0, 0.05) is 18.2 Å². The predicted octanol–water partition coefficient (Wildman–Crippen LogP) is 1.42. The van der Waals surface area contributed by atoms with Crippen LogP contribution in [0.3, 0.4) is 0 Å². The Morgan fingerprint density at radius 3 is 2.80 bits per heavy atom. The van der Waals surface area contributed by atoms with Gasteiger partial charge in [0.15, 0.2) is 10.9 Å². The summed E-state index contributed by atoms with van der Waals surface area (Å²) >= 11 is 1.36. The highest BCUT2D eigenvalue weighted by Gasteiger charge is 2.13. The molecule has 1 aromatic rings. The van der Waals surface area contributed by atoms with E-state index in [0.29, 0.717) is 17.3 Å². The first-order chi connectivity index (χ1) is 7.13. The molecule has 0 bridgehead atoms. The number of hydrogen-bond acceptors (Lipinski definition) is 4. The second-order valence-corrected chi connectivity index (χ2v) is 4.49. The lowest BCUT2D eigenvalue weighted by molar-refractivity contribution is -0.114. The lowest BCUT2D eigenvalue weighted by Gasteiger charge is -2.00. The van der Waals surface area contributed by atoms with Crippen molar-refractivity contribution < 1.29 is 4.79 Å². The van der Waals surface area contributed by atoms with Crippen LogP contribution in [-0.2, 0) is 4.79 Å². The van der Waals surface area contributed by atoms with Crippen molar-refractivity contribution in [3.63, 3.8) is 0 Å². The van der Waals surface area contributed by atoms with Gasteiger partial charge in [-0.05, 0) is 24.3 Å². The Labute approximate surface area is 90.8 Å². The molecule has 0 saturated carbocycles. The summed E-state index contributed by atoms with van der Waals surface area (Å²) in [5.74, 6) is 0.146. The van der Waals surface area contributed by atoms with Gasteiger partial charge < -0.3 is 4.98 Å². The van der Waals surface area contributed by atoms with Gasteiger partial charge in [0.25, 0.3) is 5.56 Å². The van der Waals surface area contributed by atoms with Crippen LogP contribution in [0.2, 0.25) is 0 Å². The molecule has 78 valence electrons. The second kappa shape index (κ2) is 4.02. The largest absolute Gasteiger partial charge is 0.301 e. The van der Waals surface area contributed by atoms with Crippen molar-refractivity contribution in [3.8, 4) is 0 Å². The summed E-state index contributed by atoms with van der Waals surface area (Å²) < 4.78 is 0. The minimum atomic E-state index is -0.157. The average Bonchev–Trinajstić information content (AvgIpc) is 2.49. The number of allylic oxidation sites excluding steroid dienone is 2. The summed E-state index contributed by atoms with van der Waals surface area (Å²) in [6, 6.07) is 1.44. The fourth-order valence-electron chi connectivity index (χ4n) is 1.37. The zero-order valence-electron chi connectivity index (χ0n) is 8.24. The molecule has 0 atom stereocenters. The Bertz CT molecular complexity index is 490. The number of nitrogens with one attached hydrogen (secondary N) is 1. The molecule has 0 amide bonds. The van der Waals surface area contributed by atoms with E-state index in [4.69, 9.17) is 0 Å². The first-order valence-corrected chi connectivity index (χ1v) is 5.44. The molecule has 0 fully saturated rings. The van der Waals surface area contributed by atoms with E-state index in [9.17, 15) is 9.59 Å². The van der Waals surface area contributed by atoms with Gasteiger partial charge in [-0.3, -0.25) is 9.59 Å². The van der Waals surface area contributed by atoms with Gasteiger partial charge in [0.05, 0.1) is 0 Å². The Kier molecular flexibility index (Phi) is 2.73. The third-order valence-corrected chi connectivity index (χ3v) is 2.99. The summed E-state index contributed by atoms with van der Waals surface area (Å²) in [7, 11) is 0. The van der Waals surface area contributed by atoms with Crippen molar-refractivity contribution in [1.82, 2.24) is 9.97 Å². The number of nitrogens with zero attached hydrogens (tertiary/aromatic N) is 1. The molecular formula is C10H10N2O2S. The number of carbonyl (C=O) groups is 1. The smallest absolute Gasteiger partial charge is 0.251 e. The number of H-pyrrole nitrogens is 1. The maximum atomic E-state index is 11.2. The summed E-state index contributed by atoms with van der Waals surface area (Å²) in [5.41, 5.74) is 0.529. The SMILES string of the molecule is Cc1cc(=O)[nH]c(SC2=CC(=O)CC2)n1. The van der Waals surface area contributed by atoms with Crippen LogP contribution >= 0.6 is 11.8 Å². The van der Waals surface area contributed by atoms with Crippen LogP contribution in [0.5, 0.6) is 0 Å². The van der Waals surface area contributed by atoms with Crippen LogP contribution in [0.4, 0.5) is 0 Å². The highest BCUT2D eigenvalue weighted by atomic mass is 32.2. The average molecular weight is 222 g/mol. The number of rotatable bonds is 2. The Balaban J connectivity index is 2.21. The lowest BCUT2D eigenvalue weighted by atomic mass is 10.3. The standard InChI is InChI=1S/C10H10N2O2S/c1-6-4-9(14)12-10(11-6)15-8-3-2-7(13)5-8/h4-5H,2-3H2,1H3,(H,11,12,14). The molecule has 0 aromatic carbocycles. The molecular weight excluding hydrogens is 212 g/mol. The van der Waals surface area contributed by atoms with Gasteiger partial charge in [0.1, 0.15) is 0 Å². The van der Waals surface area contributed by atoms with E-state index in [-0.39, 0.29) is 11.3 Å². The molecule has 0 saturated heterocycles. The fourth-order valence-corrected chi connectivity index (χ4v) is 2.36. The number of hydrogen-bond donors (Lipinski definition) is 1. The maximum absolute atomic E-state index is 11.2. The van der Waals surface area contributed by atoms with Crippen LogP contribution < -0.4 is 5.56 Å². The Morgan fingerprint density at radius 2 is 2.20 bits per heavy atom. The van der Waals surface area contributed by atoms with E-state index in [1.165, 1.54) is 17.8 Å². The van der Waals surface area contributed by atoms with Crippen molar-refractivity contribution in [2.45, 2.75) is 24.9 Å². The molecule has 4 nitrogen and oxygen atoms in total. The Hall–Kier alpha value is -1.36. The fraction of sp³-hybridized carbons (Fsp3) is 0.300. The number of aryl methyl sites for hydroxylation is 1. The number of thioether (sulfide) groups is 1. The third-order valence-electron chi connectivity index (χ3n) is 2.02. The first-order valence-electron chi connectivity index (χ1n) is 4.63. The lowest BCUT2D eigenvalue weighted by Crippen LogP contribution is -2.07. The summed E-state index contributed by atoms with van der Waals surface area (Å²) in [4.78, 5) is 29.9. The quantitative estimate of drug-likeness (QED) is 0.769. The molecule has 1 aromatic heterocycles. The summed E-state index contributed by atoms with van der Waals surface area (Å²) in [6.45, 7) is 1.77. The summed E-state index contributed by atoms with van der Waals surface area (Å²) in [6.07, 6.45) is 2.94. The van der Waals surface area contributed by atoms with Crippen molar-refractivity contribution in [2.24, 2.45) is 0 Å². The molecule has 0 unspecified atom stereocenters. The van der Waals surface area contributed by atoms with Crippen LogP contribution in [0.25, 0.3) is 0 Å². The molecule has 0 aliphatic heterocycles. The van der Waals surface area contributed by atoms with Gasteiger partial charge in [0.2, 0.25) is 0 Å². The van der Waals surface area contributed by atoms with Gasteiger partial charge in [-0.1, -0.05) is 11.8 Å². The molecule has 1 N–H and O–H groups in total. The van der Waals surface area contributed by atoms with E-state index >= 15 is 0 Å². The molecule has 0 radical (unpaired) electrons. The van der Waals surface area contributed by atoms with E-state index in [1.807, 2.05) is 0 Å². The predicted molar refractivity (Wildman–Crippen MR) is 57.8 cm³/mol. The first kappa shape index (κ1) is 10.2. The van der Waals surface area contributed by atoms with E-state index < -0.39 is 0 Å². The zero-order valence-corrected chi connectivity index (χ0v) is 9.06. The van der Waals surface area contributed by atoms with E-state index in [2.05, 4.69) is 9.97 Å². The van der Waals surface area contributed by atoms with Crippen molar-refractivity contribution in [2.75, 3.05) is 0 Å². The zero-order chi connectivity index (χ0) is 10.8. The van der Waals surface area contributed by atoms with Crippen LogP contribution in [-0.4, -0.2) is 15.8 Å². The van der Waals surface area contributed by atoms with Crippen LogP contribution in [0.15, 0.2) is 27.0 Å². The second-order valence-electron chi connectivity index (χ2n) is 3.37. The van der Waals surface area contributed by atoms with Gasteiger partial charge in [-0.2, -0.15) is 0 Å². The number of carbonyl (C=O) groups excluding carboxylic acids is 1. The Morgan fingerprint density at radius 1 is 1.40 bits per heavy atom. The van der Waals surface area contributed by atoms with Gasteiger partial charge in [-0.15, -0.1) is 0 Å². The molecule has 15 heavy (non-hydrogen) atoms. The minimum absolute atomic E-state index is 0.146. The monoisotopic (exact) mass is 222 g/mol. The third kappa shape index (κ3) is 2.56. The highest BCUT2D eigenvalue weighted by Crippen LogP contribution is 2.30. The number of aromatic amines is 1. The minimum Gasteiger partial charge on any atom is -0.301 e. The van der Waals surface area contributed by atoms with Gasteiger partial charge >= 0.3 is 0 Å². The molecule has 2 rings (SSSR count). The molecule has 1 heterocycles. The highest BCUT2D eigenvalue weighted by molar-refractivity contribution is 8.03. The van der Waals surface area contributed by atoms with Crippen molar-refractivity contribution in [1.29, 1.82) is 0 Å². The topological polar surface area (TPSA) is 62.8 Å². The number of aromatic nitrogens is 2. The van der Waals surface area contributed by atoms with Gasteiger partial charge in [-0.25, -0.2) is 4.98 Å². The molecule has 0 spiro atoms. The number of ketones is 1. The van der Waals surface area contributed by atoms with E-state index in [1.54, 1.807) is 13.0 Å². The van der Waals surface area contributed by atoms with E-state index in [0.717, 1.165) is 11.3 Å². The summed E-state index contributed by atoms with van der Waals surface area (Å²) in [5, 5.41) is 0.556. The van der Waals surface area contributed by atoms with Crippen molar-refractivity contribution >= 4 is 17.5 Å². The maximum Gasteiger partial charge on any atom is 0.251 e. The molecule has 5 heteroatoms. The molecule has 1 aliphatic carbocycles.